The molecule has 39 heavy (non-hydrogen) atoms. The second-order valence-electron chi connectivity index (χ2n) is 11.7. The number of aromatic nitrogens is 1. The van der Waals surface area contributed by atoms with Crippen molar-refractivity contribution >= 4 is 11.7 Å². The Balaban J connectivity index is 1.35. The topological polar surface area (TPSA) is 80.0 Å². The van der Waals surface area contributed by atoms with E-state index in [1.165, 1.54) is 6.07 Å². The van der Waals surface area contributed by atoms with Crippen molar-refractivity contribution in [1.82, 2.24) is 15.4 Å². The molecule has 0 radical (unpaired) electrons. The Labute approximate surface area is 229 Å². The van der Waals surface area contributed by atoms with Crippen LogP contribution < -0.4 is 5.32 Å². The number of hydrogen-bond acceptors (Lipinski definition) is 6. The standard InChI is InChI=1S/C31H37FN4O3/c1-18(2)25-16-27(38-34-25)28(19(3)4)30(37)36-17-20(5)15-26(36)29-33-31(6,39-35-29)22-13-11-21(12-14-22)23-9-7-8-10-24(23)32/h7-14,16,18-20,26,28H,15,17H2,1-6H3,(H,33,35)/t20-,26+,28-,31?/m1/s1. The number of benzene rings is 2. The highest BCUT2D eigenvalue weighted by Crippen LogP contribution is 2.36. The van der Waals surface area contributed by atoms with Crippen molar-refractivity contribution in [3.05, 3.63) is 77.4 Å². The highest BCUT2D eigenvalue weighted by molar-refractivity contribution is 5.94. The molecule has 1 unspecified atom stereocenters. The molecule has 0 spiro atoms. The lowest BCUT2D eigenvalue weighted by molar-refractivity contribution is -0.134. The monoisotopic (exact) mass is 532 g/mol. The van der Waals surface area contributed by atoms with E-state index in [4.69, 9.17) is 9.36 Å². The maximum absolute atomic E-state index is 14.3. The molecule has 1 saturated heterocycles. The fourth-order valence-electron chi connectivity index (χ4n) is 5.55. The van der Waals surface area contributed by atoms with Crippen LogP contribution in [0.25, 0.3) is 11.1 Å². The number of nitrogens with one attached hydrogen (secondary N) is 1. The molecular weight excluding hydrogens is 495 g/mol. The number of carbonyl (C=O) groups is 1. The van der Waals surface area contributed by atoms with Gasteiger partial charge in [-0.2, -0.15) is 0 Å². The second kappa shape index (κ2) is 10.5. The Hall–Kier alpha value is -3.68. The molecule has 7 nitrogen and oxygen atoms in total. The maximum Gasteiger partial charge on any atom is 0.234 e. The first kappa shape index (κ1) is 26.9. The molecule has 1 N–H and O–H groups in total. The quantitative estimate of drug-likeness (QED) is 0.382. The Morgan fingerprint density at radius 2 is 1.85 bits per heavy atom. The van der Waals surface area contributed by atoms with E-state index in [2.05, 4.69) is 36.4 Å². The molecule has 2 aromatic carbocycles. The highest BCUT2D eigenvalue weighted by Gasteiger charge is 2.46. The SMILES string of the molecule is CC(C)c1cc([C@H](C(=O)N2C[C@H](C)C[C@H]2C2=NOC(C)(c3ccc(-c4ccccc4F)cc3)N2)C(C)C)on1. The lowest BCUT2D eigenvalue weighted by Gasteiger charge is -2.30. The van der Waals surface area contributed by atoms with Crippen molar-refractivity contribution in [3.8, 4) is 11.1 Å². The molecule has 2 aliphatic heterocycles. The molecule has 0 aliphatic carbocycles. The third-order valence-corrected chi connectivity index (χ3v) is 7.80. The summed E-state index contributed by atoms with van der Waals surface area (Å²) in [6.45, 7) is 12.9. The summed E-state index contributed by atoms with van der Waals surface area (Å²) in [4.78, 5) is 21.8. The molecule has 1 amide bonds. The fourth-order valence-corrected chi connectivity index (χ4v) is 5.55. The van der Waals surface area contributed by atoms with Gasteiger partial charge < -0.3 is 19.6 Å². The Morgan fingerprint density at radius 1 is 1.13 bits per heavy atom. The predicted octanol–water partition coefficient (Wildman–Crippen LogP) is 6.39. The first-order chi connectivity index (χ1) is 18.6. The van der Waals surface area contributed by atoms with Crippen molar-refractivity contribution in [1.29, 1.82) is 0 Å². The van der Waals surface area contributed by atoms with E-state index in [0.717, 1.165) is 23.2 Å². The van der Waals surface area contributed by atoms with Gasteiger partial charge in [-0.25, -0.2) is 4.39 Å². The minimum absolute atomic E-state index is 0.0122. The van der Waals surface area contributed by atoms with Crippen molar-refractivity contribution in [2.45, 2.75) is 71.6 Å². The van der Waals surface area contributed by atoms with E-state index >= 15 is 0 Å². The number of oxime groups is 1. The molecule has 5 rings (SSSR count). The zero-order valence-electron chi connectivity index (χ0n) is 23.4. The van der Waals surface area contributed by atoms with Gasteiger partial charge in [0.1, 0.15) is 17.5 Å². The van der Waals surface area contributed by atoms with E-state index < -0.39 is 11.6 Å². The van der Waals surface area contributed by atoms with Crippen LogP contribution in [-0.4, -0.2) is 34.4 Å². The molecule has 8 heteroatoms. The summed E-state index contributed by atoms with van der Waals surface area (Å²) >= 11 is 0. The third-order valence-electron chi connectivity index (χ3n) is 7.80. The number of halogens is 1. The van der Waals surface area contributed by atoms with E-state index in [1.54, 1.807) is 12.1 Å². The van der Waals surface area contributed by atoms with Gasteiger partial charge in [-0.15, -0.1) is 0 Å². The molecule has 3 aromatic rings. The summed E-state index contributed by atoms with van der Waals surface area (Å²) in [6.07, 6.45) is 0.779. The average Bonchev–Trinajstić information content (AvgIpc) is 3.63. The Morgan fingerprint density at radius 3 is 2.49 bits per heavy atom. The molecule has 1 aromatic heterocycles. The molecule has 0 bridgehead atoms. The first-order valence-corrected chi connectivity index (χ1v) is 13.7. The summed E-state index contributed by atoms with van der Waals surface area (Å²) in [5.74, 6) is 1.13. The lowest BCUT2D eigenvalue weighted by Crippen LogP contribution is -2.50. The maximum atomic E-state index is 14.3. The smallest absolute Gasteiger partial charge is 0.234 e. The normalized spacial score (nSPS) is 23.6. The third kappa shape index (κ3) is 5.16. The zero-order valence-corrected chi connectivity index (χ0v) is 23.4. The number of rotatable bonds is 7. The van der Waals surface area contributed by atoms with E-state index in [1.807, 2.05) is 62.1 Å². The molecular formula is C31H37FN4O3. The van der Waals surface area contributed by atoms with Crippen molar-refractivity contribution in [2.24, 2.45) is 17.0 Å². The van der Waals surface area contributed by atoms with Gasteiger partial charge in [0.2, 0.25) is 11.6 Å². The Kier molecular flexibility index (Phi) is 7.23. The molecule has 2 aliphatic rings. The van der Waals surface area contributed by atoms with Crippen LogP contribution in [0.3, 0.4) is 0 Å². The predicted molar refractivity (Wildman–Crippen MR) is 148 cm³/mol. The van der Waals surface area contributed by atoms with Crippen LogP contribution in [0.5, 0.6) is 0 Å². The number of carbonyl (C=O) groups excluding carboxylic acids is 1. The lowest BCUT2D eigenvalue weighted by atomic mass is 9.90. The van der Waals surface area contributed by atoms with Gasteiger partial charge in [0.15, 0.2) is 5.84 Å². The van der Waals surface area contributed by atoms with Gasteiger partial charge in [-0.3, -0.25) is 4.79 Å². The van der Waals surface area contributed by atoms with Gasteiger partial charge in [0.25, 0.3) is 0 Å². The minimum atomic E-state index is -0.905. The Bertz CT molecular complexity index is 1370. The number of amides is 1. The van der Waals surface area contributed by atoms with Crippen LogP contribution in [0.1, 0.15) is 76.8 Å². The minimum Gasteiger partial charge on any atom is -0.361 e. The molecule has 3 heterocycles. The number of hydrogen-bond donors (Lipinski definition) is 1. The summed E-state index contributed by atoms with van der Waals surface area (Å²) in [6, 6.07) is 16.0. The van der Waals surface area contributed by atoms with Crippen molar-refractivity contribution in [2.75, 3.05) is 6.54 Å². The molecule has 1 fully saturated rings. The summed E-state index contributed by atoms with van der Waals surface area (Å²) in [7, 11) is 0. The fraction of sp³-hybridized carbons (Fsp3) is 0.452. The second-order valence-corrected chi connectivity index (χ2v) is 11.7. The van der Waals surface area contributed by atoms with Crippen LogP contribution in [0, 0.1) is 17.7 Å². The van der Waals surface area contributed by atoms with Gasteiger partial charge >= 0.3 is 0 Å². The van der Waals surface area contributed by atoms with Gasteiger partial charge in [-0.1, -0.05) is 87.4 Å². The molecule has 0 saturated carbocycles. The van der Waals surface area contributed by atoms with Crippen LogP contribution in [0.2, 0.25) is 0 Å². The van der Waals surface area contributed by atoms with Gasteiger partial charge in [-0.05, 0) is 35.8 Å². The number of likely N-dealkylation sites (tertiary alicyclic amines) is 1. The highest BCUT2D eigenvalue weighted by atomic mass is 19.1. The number of amidine groups is 1. The van der Waals surface area contributed by atoms with E-state index in [0.29, 0.717) is 29.6 Å². The molecule has 4 atom stereocenters. The van der Waals surface area contributed by atoms with Crippen LogP contribution in [-0.2, 0) is 15.4 Å². The zero-order chi connectivity index (χ0) is 27.9. The van der Waals surface area contributed by atoms with Crippen LogP contribution in [0.15, 0.2) is 64.3 Å². The van der Waals surface area contributed by atoms with E-state index in [-0.39, 0.29) is 29.6 Å². The van der Waals surface area contributed by atoms with Gasteiger partial charge in [0, 0.05) is 30.7 Å². The van der Waals surface area contributed by atoms with E-state index in [9.17, 15) is 9.18 Å². The summed E-state index contributed by atoms with van der Waals surface area (Å²) < 4.78 is 19.9. The largest absolute Gasteiger partial charge is 0.361 e. The van der Waals surface area contributed by atoms with Crippen molar-refractivity contribution < 1.29 is 18.5 Å². The van der Waals surface area contributed by atoms with Gasteiger partial charge in [0.05, 0.1) is 11.7 Å². The van der Waals surface area contributed by atoms with Crippen molar-refractivity contribution in [3.63, 3.8) is 0 Å². The molecule has 206 valence electrons. The van der Waals surface area contributed by atoms with Crippen LogP contribution >= 0.6 is 0 Å². The summed E-state index contributed by atoms with van der Waals surface area (Å²) in [5, 5.41) is 12.1. The summed E-state index contributed by atoms with van der Waals surface area (Å²) in [5.41, 5.74) is 2.13. The van der Waals surface area contributed by atoms with Crippen LogP contribution in [0.4, 0.5) is 4.39 Å². The average molecular weight is 533 g/mol. The first-order valence-electron chi connectivity index (χ1n) is 13.7. The number of nitrogens with zero attached hydrogens (tertiary/aromatic N) is 3.